The van der Waals surface area contributed by atoms with Gasteiger partial charge in [-0.1, -0.05) is 0 Å². The second kappa shape index (κ2) is 6.68. The van der Waals surface area contributed by atoms with Crippen molar-refractivity contribution in [2.75, 3.05) is 26.2 Å². The molecule has 1 fully saturated rings. The number of piperazine rings is 1. The molecule has 1 aliphatic heterocycles. The molecule has 1 aliphatic rings. The molecule has 2 N–H and O–H groups in total. The SMILES string of the molecule is C[C@@H](N)C(=O)N1CCN(C(=O)c2cc3occc3s2)CC1.Cl. The zero-order valence-electron chi connectivity index (χ0n) is 12.2. The Bertz CT molecular complexity index is 645. The average Bonchev–Trinajstić information content (AvgIpc) is 3.07. The lowest BCUT2D eigenvalue weighted by Gasteiger charge is -2.35. The van der Waals surface area contributed by atoms with Crippen molar-refractivity contribution in [2.45, 2.75) is 13.0 Å². The maximum absolute atomic E-state index is 12.4. The van der Waals surface area contributed by atoms with Crippen LogP contribution in [0.5, 0.6) is 0 Å². The summed E-state index contributed by atoms with van der Waals surface area (Å²) >= 11 is 1.43. The third-order valence-corrected chi connectivity index (χ3v) is 4.69. The van der Waals surface area contributed by atoms with Crippen LogP contribution in [0.15, 0.2) is 22.8 Å². The Morgan fingerprint density at radius 1 is 1.27 bits per heavy atom. The van der Waals surface area contributed by atoms with Gasteiger partial charge in [-0.2, -0.15) is 0 Å². The summed E-state index contributed by atoms with van der Waals surface area (Å²) in [5.41, 5.74) is 6.35. The maximum Gasteiger partial charge on any atom is 0.264 e. The van der Waals surface area contributed by atoms with Gasteiger partial charge in [-0.3, -0.25) is 9.59 Å². The Balaban J connectivity index is 0.00000176. The molecule has 2 aromatic heterocycles. The lowest BCUT2D eigenvalue weighted by molar-refractivity contribution is -0.133. The van der Waals surface area contributed by atoms with Crippen LogP contribution < -0.4 is 5.73 Å². The molecule has 2 amide bonds. The van der Waals surface area contributed by atoms with E-state index in [1.165, 1.54) is 11.3 Å². The highest BCUT2D eigenvalue weighted by molar-refractivity contribution is 7.20. The van der Waals surface area contributed by atoms with E-state index in [1.807, 2.05) is 6.07 Å². The lowest BCUT2D eigenvalue weighted by Crippen LogP contribution is -2.53. The van der Waals surface area contributed by atoms with Crippen LogP contribution in [0.3, 0.4) is 0 Å². The molecular formula is C14H18ClN3O3S. The number of furan rings is 1. The second-order valence-corrected chi connectivity index (χ2v) is 6.25. The summed E-state index contributed by atoms with van der Waals surface area (Å²) in [6, 6.07) is 3.15. The molecule has 22 heavy (non-hydrogen) atoms. The van der Waals surface area contributed by atoms with E-state index >= 15 is 0 Å². The van der Waals surface area contributed by atoms with E-state index in [-0.39, 0.29) is 24.2 Å². The first-order valence-electron chi connectivity index (χ1n) is 6.87. The molecule has 0 spiro atoms. The summed E-state index contributed by atoms with van der Waals surface area (Å²) in [5, 5.41) is 0. The fraction of sp³-hybridized carbons (Fsp3) is 0.429. The van der Waals surface area contributed by atoms with Gasteiger partial charge in [0.15, 0.2) is 0 Å². The third-order valence-electron chi connectivity index (χ3n) is 3.62. The van der Waals surface area contributed by atoms with E-state index in [2.05, 4.69) is 0 Å². The molecule has 8 heteroatoms. The molecule has 0 saturated carbocycles. The highest BCUT2D eigenvalue weighted by Crippen LogP contribution is 2.27. The van der Waals surface area contributed by atoms with Gasteiger partial charge < -0.3 is 20.0 Å². The van der Waals surface area contributed by atoms with Crippen molar-refractivity contribution >= 4 is 45.8 Å². The van der Waals surface area contributed by atoms with Gasteiger partial charge in [0.2, 0.25) is 5.91 Å². The number of carbonyl (C=O) groups excluding carboxylic acids is 2. The van der Waals surface area contributed by atoms with Crippen LogP contribution in [0.25, 0.3) is 10.3 Å². The zero-order chi connectivity index (χ0) is 15.0. The number of fused-ring (bicyclic) bond motifs is 1. The fourth-order valence-corrected chi connectivity index (χ4v) is 3.40. The van der Waals surface area contributed by atoms with E-state index in [0.717, 1.165) is 10.3 Å². The largest absolute Gasteiger partial charge is 0.463 e. The molecule has 2 aromatic rings. The Kier molecular flexibility index (Phi) is 5.10. The van der Waals surface area contributed by atoms with E-state index in [0.29, 0.717) is 31.1 Å². The van der Waals surface area contributed by atoms with Gasteiger partial charge in [-0.15, -0.1) is 23.7 Å². The standard InChI is InChI=1S/C14H17N3O3S.ClH/c1-9(15)13(18)16-3-5-17(6-4-16)14(19)12-8-10-11(21-12)2-7-20-10;/h2,7-9H,3-6,15H2,1H3;1H/t9-;/m1./s1. The first kappa shape index (κ1) is 16.8. The molecule has 120 valence electrons. The smallest absolute Gasteiger partial charge is 0.264 e. The molecule has 6 nitrogen and oxygen atoms in total. The number of hydrogen-bond donors (Lipinski definition) is 1. The summed E-state index contributed by atoms with van der Waals surface area (Å²) in [5.74, 6) is -0.0602. The third kappa shape index (κ3) is 3.11. The van der Waals surface area contributed by atoms with Crippen molar-refractivity contribution in [3.8, 4) is 0 Å². The van der Waals surface area contributed by atoms with Gasteiger partial charge in [0.1, 0.15) is 5.58 Å². The lowest BCUT2D eigenvalue weighted by atomic mass is 10.2. The van der Waals surface area contributed by atoms with Crippen LogP contribution in [-0.4, -0.2) is 53.8 Å². The summed E-state index contributed by atoms with van der Waals surface area (Å²) in [7, 11) is 0. The minimum absolute atomic E-state index is 0. The number of amides is 2. The molecule has 0 bridgehead atoms. The predicted octanol–water partition coefficient (Wildman–Crippen LogP) is 1.55. The van der Waals surface area contributed by atoms with Crippen molar-refractivity contribution in [1.82, 2.24) is 9.80 Å². The molecule has 1 atom stereocenters. The normalized spacial score (nSPS) is 16.5. The average molecular weight is 344 g/mol. The van der Waals surface area contributed by atoms with Crippen LogP contribution in [0, 0.1) is 0 Å². The van der Waals surface area contributed by atoms with E-state index in [1.54, 1.807) is 29.1 Å². The number of hydrogen-bond acceptors (Lipinski definition) is 5. The van der Waals surface area contributed by atoms with Crippen molar-refractivity contribution in [3.05, 3.63) is 23.3 Å². The highest BCUT2D eigenvalue weighted by atomic mass is 35.5. The molecular weight excluding hydrogens is 326 g/mol. The van der Waals surface area contributed by atoms with Crippen LogP contribution in [0.4, 0.5) is 0 Å². The van der Waals surface area contributed by atoms with Crippen LogP contribution in [0.2, 0.25) is 0 Å². The zero-order valence-corrected chi connectivity index (χ0v) is 13.8. The number of rotatable bonds is 2. The minimum Gasteiger partial charge on any atom is -0.463 e. The molecule has 0 aromatic carbocycles. The molecule has 3 heterocycles. The van der Waals surface area contributed by atoms with Gasteiger partial charge in [0, 0.05) is 32.2 Å². The van der Waals surface area contributed by atoms with E-state index in [4.69, 9.17) is 10.2 Å². The number of nitrogens with zero attached hydrogens (tertiary/aromatic N) is 2. The van der Waals surface area contributed by atoms with Crippen molar-refractivity contribution in [1.29, 1.82) is 0 Å². The molecule has 0 radical (unpaired) electrons. The number of nitrogens with two attached hydrogens (primary N) is 1. The molecule has 1 saturated heterocycles. The number of carbonyl (C=O) groups is 2. The fourth-order valence-electron chi connectivity index (χ4n) is 2.44. The minimum atomic E-state index is -0.489. The van der Waals surface area contributed by atoms with Gasteiger partial charge in [0.25, 0.3) is 5.91 Å². The summed E-state index contributed by atoms with van der Waals surface area (Å²) < 4.78 is 6.26. The molecule has 3 rings (SSSR count). The Labute approximate surface area is 138 Å². The van der Waals surface area contributed by atoms with Crippen molar-refractivity contribution < 1.29 is 14.0 Å². The van der Waals surface area contributed by atoms with E-state index < -0.39 is 6.04 Å². The topological polar surface area (TPSA) is 79.8 Å². The monoisotopic (exact) mass is 343 g/mol. The second-order valence-electron chi connectivity index (χ2n) is 5.17. The van der Waals surface area contributed by atoms with Crippen LogP contribution in [-0.2, 0) is 4.79 Å². The van der Waals surface area contributed by atoms with E-state index in [9.17, 15) is 9.59 Å². The highest BCUT2D eigenvalue weighted by Gasteiger charge is 2.27. The van der Waals surface area contributed by atoms with Crippen LogP contribution >= 0.6 is 23.7 Å². The summed E-state index contributed by atoms with van der Waals surface area (Å²) in [6.45, 7) is 3.83. The van der Waals surface area contributed by atoms with Gasteiger partial charge in [0.05, 0.1) is 21.9 Å². The number of halogens is 1. The van der Waals surface area contributed by atoms with Gasteiger partial charge in [-0.05, 0) is 13.0 Å². The van der Waals surface area contributed by atoms with Gasteiger partial charge in [-0.25, -0.2) is 0 Å². The predicted molar refractivity (Wildman–Crippen MR) is 87.5 cm³/mol. The quantitative estimate of drug-likeness (QED) is 0.897. The first-order chi connectivity index (χ1) is 10.1. The first-order valence-corrected chi connectivity index (χ1v) is 7.68. The molecule has 0 aliphatic carbocycles. The van der Waals surface area contributed by atoms with Crippen LogP contribution in [0.1, 0.15) is 16.6 Å². The van der Waals surface area contributed by atoms with Gasteiger partial charge >= 0.3 is 0 Å². The van der Waals surface area contributed by atoms with Crippen molar-refractivity contribution in [3.63, 3.8) is 0 Å². The Morgan fingerprint density at radius 2 is 1.91 bits per heavy atom. The Morgan fingerprint density at radius 3 is 2.50 bits per heavy atom. The number of thiophene rings is 1. The van der Waals surface area contributed by atoms with Crippen molar-refractivity contribution in [2.24, 2.45) is 5.73 Å². The summed E-state index contributed by atoms with van der Waals surface area (Å²) in [4.78, 5) is 28.4. The Hall–Kier alpha value is -1.57. The maximum atomic E-state index is 12.4. The summed E-state index contributed by atoms with van der Waals surface area (Å²) in [6.07, 6.45) is 1.62. The molecule has 0 unspecified atom stereocenters.